The topological polar surface area (TPSA) is 44.6 Å². The molecule has 1 atom stereocenters. The highest BCUT2D eigenvalue weighted by molar-refractivity contribution is 5.65. The summed E-state index contributed by atoms with van der Waals surface area (Å²) < 4.78 is 12.9. The van der Waals surface area contributed by atoms with Crippen LogP contribution in [0.5, 0.6) is 0 Å². The maximum Gasteiger partial charge on any atom is 0.123 e. The molecule has 1 aliphatic carbocycles. The van der Waals surface area contributed by atoms with Crippen LogP contribution >= 0.6 is 0 Å². The number of rotatable bonds is 5. The van der Waals surface area contributed by atoms with E-state index in [1.807, 2.05) is 0 Å². The summed E-state index contributed by atoms with van der Waals surface area (Å²) in [5, 5.41) is 10.9. The number of carbonyl (C=O) groups excluding carboxylic acids is 1. The lowest BCUT2D eigenvalue weighted by atomic mass is 9.94. The molecule has 0 heterocycles. The van der Waals surface area contributed by atoms with E-state index < -0.39 is 5.97 Å². The molecule has 1 N–H and O–H groups in total. The van der Waals surface area contributed by atoms with Crippen LogP contribution in [0.4, 0.5) is 4.39 Å². The minimum absolute atomic E-state index is 0.0298. The van der Waals surface area contributed by atoms with Crippen LogP contribution in [0.25, 0.3) is 0 Å². The summed E-state index contributed by atoms with van der Waals surface area (Å²) in [6.45, 7) is 0.654. The maximum atomic E-state index is 12.9. The maximum absolute atomic E-state index is 12.9. The molecule has 19 heavy (non-hydrogen) atoms. The fourth-order valence-electron chi connectivity index (χ4n) is 2.91. The van der Waals surface area contributed by atoms with E-state index in [0.717, 1.165) is 23.3 Å². The Kier molecular flexibility index (Phi) is 4.91. The predicted octanol–water partition coefficient (Wildman–Crippen LogP) is 0.293. The van der Waals surface area contributed by atoms with E-state index in [2.05, 4.69) is 0 Å². The van der Waals surface area contributed by atoms with E-state index in [9.17, 15) is 14.3 Å². The van der Waals surface area contributed by atoms with Crippen molar-refractivity contribution in [1.29, 1.82) is 0 Å². The molecule has 0 spiro atoms. The molecular weight excluding hydrogens is 245 g/mol. The van der Waals surface area contributed by atoms with Crippen LogP contribution in [0.1, 0.15) is 37.7 Å². The minimum Gasteiger partial charge on any atom is -0.544 e. The first-order valence-corrected chi connectivity index (χ1v) is 6.94. The first-order valence-electron chi connectivity index (χ1n) is 6.94. The number of nitrogens with one attached hydrogen (secondary N) is 1. The third kappa shape index (κ3) is 4.31. The first-order chi connectivity index (χ1) is 9.15. The van der Waals surface area contributed by atoms with Crippen molar-refractivity contribution in [2.24, 2.45) is 0 Å². The predicted molar refractivity (Wildman–Crippen MR) is 67.8 cm³/mol. The molecule has 4 heteroatoms. The zero-order valence-electron chi connectivity index (χ0n) is 11.0. The smallest absolute Gasteiger partial charge is 0.123 e. The van der Waals surface area contributed by atoms with Crippen molar-refractivity contribution in [3.05, 3.63) is 35.6 Å². The van der Waals surface area contributed by atoms with Crippen LogP contribution in [-0.4, -0.2) is 18.6 Å². The van der Waals surface area contributed by atoms with E-state index in [1.165, 1.54) is 31.4 Å². The van der Waals surface area contributed by atoms with Crippen molar-refractivity contribution in [2.75, 3.05) is 6.54 Å². The van der Waals surface area contributed by atoms with Crippen molar-refractivity contribution in [3.63, 3.8) is 0 Å². The lowest BCUT2D eigenvalue weighted by molar-refractivity contribution is -0.934. The van der Waals surface area contributed by atoms with Gasteiger partial charge in [0.05, 0.1) is 12.0 Å². The number of hydrogen-bond donors (Lipinski definition) is 1. The summed E-state index contributed by atoms with van der Waals surface area (Å²) in [7, 11) is 0. The second kappa shape index (κ2) is 6.66. The Hall–Kier alpha value is -1.42. The van der Waals surface area contributed by atoms with E-state index in [-0.39, 0.29) is 12.4 Å². The number of benzene rings is 1. The quantitative estimate of drug-likeness (QED) is 0.832. The number of carboxylic acid groups (broad SMARTS) is 1. The van der Waals surface area contributed by atoms with Gasteiger partial charge in [0, 0.05) is 5.56 Å². The van der Waals surface area contributed by atoms with Gasteiger partial charge in [0.1, 0.15) is 18.9 Å². The average molecular weight is 265 g/mol. The second-order valence-corrected chi connectivity index (χ2v) is 5.35. The highest BCUT2D eigenvalue weighted by Gasteiger charge is 2.24. The van der Waals surface area contributed by atoms with Gasteiger partial charge in [0.25, 0.3) is 0 Å². The van der Waals surface area contributed by atoms with Crippen molar-refractivity contribution < 1.29 is 19.2 Å². The van der Waals surface area contributed by atoms with E-state index in [1.54, 1.807) is 12.1 Å². The number of aliphatic carboxylic acids is 1. The normalized spacial score (nSPS) is 18.2. The van der Waals surface area contributed by atoms with Crippen molar-refractivity contribution in [2.45, 2.75) is 44.7 Å². The molecule has 0 aromatic heterocycles. The highest BCUT2D eigenvalue weighted by Crippen LogP contribution is 2.15. The van der Waals surface area contributed by atoms with Crippen molar-refractivity contribution >= 4 is 5.97 Å². The standard InChI is InChI=1S/C15H20FNO2/c16-13-8-6-12(7-9-13)10-17(11-15(18)19)14-4-2-1-3-5-14/h6-9,14H,1-5,10-11H2,(H,18,19). The van der Waals surface area contributed by atoms with Gasteiger partial charge >= 0.3 is 0 Å². The third-order valence-electron chi connectivity index (χ3n) is 3.90. The second-order valence-electron chi connectivity index (χ2n) is 5.35. The molecule has 1 fully saturated rings. The fourth-order valence-corrected chi connectivity index (χ4v) is 2.91. The van der Waals surface area contributed by atoms with Crippen molar-refractivity contribution in [3.8, 4) is 0 Å². The monoisotopic (exact) mass is 265 g/mol. The van der Waals surface area contributed by atoms with Crippen LogP contribution in [0.2, 0.25) is 0 Å². The van der Waals surface area contributed by atoms with E-state index in [4.69, 9.17) is 0 Å². The molecule has 1 aromatic carbocycles. The Morgan fingerprint density at radius 2 is 1.84 bits per heavy atom. The molecule has 1 aromatic rings. The van der Waals surface area contributed by atoms with Crippen LogP contribution in [-0.2, 0) is 11.3 Å². The van der Waals surface area contributed by atoms with Crippen LogP contribution < -0.4 is 10.0 Å². The number of carboxylic acids is 1. The Morgan fingerprint density at radius 3 is 2.42 bits per heavy atom. The molecule has 1 aliphatic rings. The number of halogens is 1. The molecule has 3 nitrogen and oxygen atoms in total. The molecule has 0 saturated heterocycles. The molecule has 0 amide bonds. The number of hydrogen-bond acceptors (Lipinski definition) is 2. The van der Waals surface area contributed by atoms with Gasteiger partial charge in [-0.1, -0.05) is 18.6 Å². The van der Waals surface area contributed by atoms with Gasteiger partial charge in [-0.05, 0) is 37.8 Å². The summed E-state index contributed by atoms with van der Waals surface area (Å²) in [5.74, 6) is -1.27. The lowest BCUT2D eigenvalue weighted by Gasteiger charge is -2.31. The largest absolute Gasteiger partial charge is 0.544 e. The molecule has 0 radical (unpaired) electrons. The van der Waals surface area contributed by atoms with Crippen molar-refractivity contribution in [1.82, 2.24) is 0 Å². The first kappa shape index (κ1) is 14.0. The molecule has 104 valence electrons. The Labute approximate surface area is 113 Å². The van der Waals surface area contributed by atoms with E-state index >= 15 is 0 Å². The molecule has 0 aliphatic heterocycles. The van der Waals surface area contributed by atoms with Gasteiger partial charge in [0.2, 0.25) is 0 Å². The molecule has 2 rings (SSSR count). The number of carbonyl (C=O) groups is 1. The zero-order valence-corrected chi connectivity index (χ0v) is 11.0. The molecular formula is C15H20FNO2. The lowest BCUT2D eigenvalue weighted by Crippen LogP contribution is -3.15. The molecule has 0 bridgehead atoms. The van der Waals surface area contributed by atoms with Gasteiger partial charge in [-0.2, -0.15) is 0 Å². The molecule has 1 saturated carbocycles. The minimum atomic E-state index is -1.01. The summed E-state index contributed by atoms with van der Waals surface area (Å²) in [6, 6.07) is 6.69. The highest BCUT2D eigenvalue weighted by atomic mass is 19.1. The summed E-state index contributed by atoms with van der Waals surface area (Å²) in [4.78, 5) is 11.9. The van der Waals surface area contributed by atoms with Gasteiger partial charge < -0.3 is 14.8 Å². The van der Waals surface area contributed by atoms with Crippen LogP contribution in [0.15, 0.2) is 24.3 Å². The Morgan fingerprint density at radius 1 is 1.21 bits per heavy atom. The summed E-state index contributed by atoms with van der Waals surface area (Å²) in [6.07, 6.45) is 5.73. The SMILES string of the molecule is O=C([O-])C[NH+](Cc1ccc(F)cc1)C1CCCCC1. The number of quaternary nitrogens is 1. The summed E-state index contributed by atoms with van der Waals surface area (Å²) >= 11 is 0. The van der Waals surface area contributed by atoms with Crippen LogP contribution in [0, 0.1) is 5.82 Å². The van der Waals surface area contributed by atoms with Gasteiger partial charge in [-0.3, -0.25) is 0 Å². The Balaban J connectivity index is 2.03. The van der Waals surface area contributed by atoms with E-state index in [0.29, 0.717) is 12.6 Å². The third-order valence-corrected chi connectivity index (χ3v) is 3.90. The molecule has 1 unspecified atom stereocenters. The van der Waals surface area contributed by atoms with Gasteiger partial charge in [-0.15, -0.1) is 0 Å². The van der Waals surface area contributed by atoms with Gasteiger partial charge in [0.15, 0.2) is 0 Å². The van der Waals surface area contributed by atoms with Gasteiger partial charge in [-0.25, -0.2) is 4.39 Å². The zero-order chi connectivity index (χ0) is 13.7. The summed E-state index contributed by atoms with van der Waals surface area (Å²) in [5.41, 5.74) is 0.975. The Bertz CT molecular complexity index is 413. The van der Waals surface area contributed by atoms with Crippen LogP contribution in [0.3, 0.4) is 0 Å². The average Bonchev–Trinajstić information content (AvgIpc) is 2.41. The fraction of sp³-hybridized carbons (Fsp3) is 0.533.